The summed E-state index contributed by atoms with van der Waals surface area (Å²) in [4.78, 5) is 21.2. The Kier molecular flexibility index (Phi) is 4.29. The molecule has 6 heteroatoms. The molecule has 2 rings (SSSR count). The first-order valence-electron chi connectivity index (χ1n) is 6.22. The lowest BCUT2D eigenvalue weighted by atomic mass is 10.2. The molecule has 1 aromatic carbocycles. The zero-order valence-corrected chi connectivity index (χ0v) is 12.4. The van der Waals surface area contributed by atoms with Crippen molar-refractivity contribution in [2.75, 3.05) is 20.7 Å². The number of rotatable bonds is 4. The highest BCUT2D eigenvalue weighted by Crippen LogP contribution is 2.32. The van der Waals surface area contributed by atoms with Crippen LogP contribution in [-0.4, -0.2) is 42.9 Å². The van der Waals surface area contributed by atoms with Crippen molar-refractivity contribution in [2.24, 2.45) is 4.99 Å². The van der Waals surface area contributed by atoms with Gasteiger partial charge in [-0.25, -0.2) is 9.79 Å². The molecule has 5 nitrogen and oxygen atoms in total. The third-order valence-electron chi connectivity index (χ3n) is 2.63. The van der Waals surface area contributed by atoms with Crippen molar-refractivity contribution in [1.82, 2.24) is 9.88 Å². The number of hydrogen-bond acceptors (Lipinski definition) is 3. The van der Waals surface area contributed by atoms with Crippen molar-refractivity contribution in [3.63, 3.8) is 0 Å². The number of nitrogens with zero attached hydrogens (tertiary/aromatic N) is 2. The van der Waals surface area contributed by atoms with E-state index >= 15 is 0 Å². The first kappa shape index (κ1) is 14.4. The van der Waals surface area contributed by atoms with Crippen LogP contribution in [0, 0.1) is 0 Å². The second-order valence-corrected chi connectivity index (χ2v) is 4.90. The van der Waals surface area contributed by atoms with Crippen molar-refractivity contribution < 1.29 is 9.53 Å². The number of hydrogen-bond donors (Lipinski definition) is 1. The van der Waals surface area contributed by atoms with Gasteiger partial charge in [-0.3, -0.25) is 0 Å². The number of esters is 1. The van der Waals surface area contributed by atoms with Crippen LogP contribution in [0.1, 0.15) is 17.4 Å². The number of aromatic amines is 1. The average Bonchev–Trinajstić information content (AvgIpc) is 2.74. The summed E-state index contributed by atoms with van der Waals surface area (Å²) in [5.41, 5.74) is 1.67. The van der Waals surface area contributed by atoms with Crippen LogP contribution in [0.2, 0.25) is 5.02 Å². The number of aromatic nitrogens is 1. The normalized spacial score (nSPS) is 11.2. The summed E-state index contributed by atoms with van der Waals surface area (Å²) in [5.74, 6) is -0.425. The van der Waals surface area contributed by atoms with Crippen molar-refractivity contribution in [2.45, 2.75) is 6.92 Å². The maximum Gasteiger partial charge on any atom is 0.357 e. The molecule has 1 heterocycles. The number of aliphatic imine (C=N–C) groups is 1. The first-order chi connectivity index (χ1) is 9.52. The predicted molar refractivity (Wildman–Crippen MR) is 81.1 cm³/mol. The summed E-state index contributed by atoms with van der Waals surface area (Å²) >= 11 is 6.01. The van der Waals surface area contributed by atoms with E-state index in [0.717, 1.165) is 10.9 Å². The molecule has 1 aromatic heterocycles. The summed E-state index contributed by atoms with van der Waals surface area (Å²) in [5, 5.41) is 1.38. The third kappa shape index (κ3) is 2.93. The van der Waals surface area contributed by atoms with Gasteiger partial charge in [0.2, 0.25) is 0 Å². The van der Waals surface area contributed by atoms with E-state index in [1.165, 1.54) is 0 Å². The molecule has 0 fully saturated rings. The van der Waals surface area contributed by atoms with Gasteiger partial charge in [-0.05, 0) is 25.1 Å². The summed E-state index contributed by atoms with van der Waals surface area (Å²) in [6, 6.07) is 5.35. The van der Waals surface area contributed by atoms with Gasteiger partial charge in [-0.2, -0.15) is 0 Å². The van der Waals surface area contributed by atoms with Crippen LogP contribution < -0.4 is 0 Å². The van der Waals surface area contributed by atoms with E-state index in [1.807, 2.05) is 20.2 Å². The average molecular weight is 294 g/mol. The van der Waals surface area contributed by atoms with Gasteiger partial charge in [0.05, 0.1) is 12.9 Å². The molecule has 0 spiro atoms. The molecule has 0 bridgehead atoms. The van der Waals surface area contributed by atoms with Gasteiger partial charge >= 0.3 is 5.97 Å². The first-order valence-corrected chi connectivity index (χ1v) is 6.59. The second kappa shape index (κ2) is 5.96. The van der Waals surface area contributed by atoms with E-state index in [0.29, 0.717) is 23.0 Å². The minimum absolute atomic E-state index is 0.311. The van der Waals surface area contributed by atoms with Gasteiger partial charge in [0.25, 0.3) is 0 Å². The Morgan fingerprint density at radius 3 is 2.90 bits per heavy atom. The number of halogens is 1. The SMILES string of the molecule is CCOC(=O)c1[nH]c2ccc(Cl)cc2c1N=CN(C)C. The Hall–Kier alpha value is -2.01. The largest absolute Gasteiger partial charge is 0.461 e. The van der Waals surface area contributed by atoms with Gasteiger partial charge in [0.1, 0.15) is 5.69 Å². The molecule has 1 N–H and O–H groups in total. The lowest BCUT2D eigenvalue weighted by Gasteiger charge is -2.04. The summed E-state index contributed by atoms with van der Waals surface area (Å²) in [6.07, 6.45) is 1.63. The van der Waals surface area contributed by atoms with Crippen LogP contribution >= 0.6 is 11.6 Å². The number of H-pyrrole nitrogens is 1. The van der Waals surface area contributed by atoms with Gasteiger partial charge in [-0.1, -0.05) is 11.6 Å². The zero-order valence-electron chi connectivity index (χ0n) is 11.6. The lowest BCUT2D eigenvalue weighted by Crippen LogP contribution is -2.08. The highest BCUT2D eigenvalue weighted by atomic mass is 35.5. The fourth-order valence-electron chi connectivity index (χ4n) is 1.81. The van der Waals surface area contributed by atoms with E-state index in [-0.39, 0.29) is 0 Å². The van der Waals surface area contributed by atoms with Crippen LogP contribution in [0.25, 0.3) is 10.9 Å². The molecule has 0 atom stereocenters. The highest BCUT2D eigenvalue weighted by molar-refractivity contribution is 6.31. The van der Waals surface area contributed by atoms with Crippen LogP contribution in [-0.2, 0) is 4.74 Å². The lowest BCUT2D eigenvalue weighted by molar-refractivity contribution is 0.0521. The van der Waals surface area contributed by atoms with Crippen LogP contribution in [0.4, 0.5) is 5.69 Å². The van der Waals surface area contributed by atoms with E-state index in [2.05, 4.69) is 9.98 Å². The predicted octanol–water partition coefficient (Wildman–Crippen LogP) is 3.22. The Bertz CT molecular complexity index is 662. The van der Waals surface area contributed by atoms with Crippen molar-refractivity contribution >= 4 is 40.5 Å². The number of ether oxygens (including phenoxy) is 1. The minimum Gasteiger partial charge on any atom is -0.461 e. The topological polar surface area (TPSA) is 57.7 Å². The Balaban J connectivity index is 2.60. The molecule has 0 aliphatic rings. The maximum atomic E-state index is 12.0. The monoisotopic (exact) mass is 293 g/mol. The third-order valence-corrected chi connectivity index (χ3v) is 2.87. The van der Waals surface area contributed by atoms with Crippen LogP contribution in [0.15, 0.2) is 23.2 Å². The minimum atomic E-state index is -0.425. The molecular formula is C14H16ClN3O2. The Morgan fingerprint density at radius 1 is 1.50 bits per heavy atom. The van der Waals surface area contributed by atoms with Gasteiger partial charge in [0.15, 0.2) is 5.69 Å². The fourth-order valence-corrected chi connectivity index (χ4v) is 1.98. The van der Waals surface area contributed by atoms with Crippen molar-refractivity contribution in [3.05, 3.63) is 28.9 Å². The number of carbonyl (C=O) groups is 1. The summed E-state index contributed by atoms with van der Waals surface area (Å²) in [7, 11) is 3.71. The van der Waals surface area contributed by atoms with Gasteiger partial charge in [-0.15, -0.1) is 0 Å². The summed E-state index contributed by atoms with van der Waals surface area (Å²) < 4.78 is 5.04. The second-order valence-electron chi connectivity index (χ2n) is 4.47. The molecule has 0 unspecified atom stereocenters. The molecule has 0 aliphatic carbocycles. The number of carbonyl (C=O) groups excluding carboxylic acids is 1. The zero-order chi connectivity index (χ0) is 14.7. The van der Waals surface area contributed by atoms with E-state index in [1.54, 1.807) is 30.3 Å². The molecule has 2 aromatic rings. The van der Waals surface area contributed by atoms with Gasteiger partial charge < -0.3 is 14.6 Å². The quantitative estimate of drug-likeness (QED) is 0.535. The Labute approximate surface area is 122 Å². The molecule has 0 amide bonds. The number of fused-ring (bicyclic) bond motifs is 1. The number of nitrogens with one attached hydrogen (secondary N) is 1. The van der Waals surface area contributed by atoms with E-state index in [9.17, 15) is 4.79 Å². The number of benzene rings is 1. The van der Waals surface area contributed by atoms with E-state index in [4.69, 9.17) is 16.3 Å². The molecular weight excluding hydrogens is 278 g/mol. The molecule has 0 aliphatic heterocycles. The highest BCUT2D eigenvalue weighted by Gasteiger charge is 2.18. The molecule has 0 radical (unpaired) electrons. The summed E-state index contributed by atoms with van der Waals surface area (Å²) in [6.45, 7) is 2.08. The maximum absolute atomic E-state index is 12.0. The Morgan fingerprint density at radius 2 is 2.25 bits per heavy atom. The molecule has 106 valence electrons. The van der Waals surface area contributed by atoms with Gasteiger partial charge in [0, 0.05) is 30.0 Å². The van der Waals surface area contributed by atoms with Crippen molar-refractivity contribution in [3.8, 4) is 0 Å². The fraction of sp³-hybridized carbons (Fsp3) is 0.286. The molecule has 0 saturated carbocycles. The molecule has 20 heavy (non-hydrogen) atoms. The van der Waals surface area contributed by atoms with E-state index < -0.39 is 5.97 Å². The smallest absolute Gasteiger partial charge is 0.357 e. The van der Waals surface area contributed by atoms with Crippen LogP contribution in [0.3, 0.4) is 0 Å². The van der Waals surface area contributed by atoms with Crippen LogP contribution in [0.5, 0.6) is 0 Å². The molecule has 0 saturated heterocycles. The standard InChI is InChI=1S/C14H16ClN3O2/c1-4-20-14(19)13-12(16-8-18(2)3)10-7-9(15)5-6-11(10)17-13/h5-8,17H,4H2,1-3H3. The van der Waals surface area contributed by atoms with Crippen molar-refractivity contribution in [1.29, 1.82) is 0 Å².